The van der Waals surface area contributed by atoms with Crippen molar-refractivity contribution in [2.75, 3.05) is 6.54 Å². The Labute approximate surface area is 145 Å². The molecule has 0 aliphatic rings. The number of aryl methyl sites for hydroxylation is 2. The van der Waals surface area contributed by atoms with E-state index in [0.717, 1.165) is 16.7 Å². The van der Waals surface area contributed by atoms with E-state index in [0.29, 0.717) is 6.54 Å². The molecule has 2 aromatic carbocycles. The van der Waals surface area contributed by atoms with Gasteiger partial charge in [0.2, 0.25) is 5.91 Å². The van der Waals surface area contributed by atoms with Gasteiger partial charge in [-0.2, -0.15) is 0 Å². The molecule has 130 valence electrons. The number of nitrogens with one attached hydrogen (secondary N) is 2. The Bertz CT molecular complexity index is 818. The monoisotopic (exact) mass is 341 g/mol. The number of rotatable bonds is 6. The Morgan fingerprint density at radius 3 is 2.52 bits per heavy atom. The summed E-state index contributed by atoms with van der Waals surface area (Å²) in [4.78, 5) is 34.0. The second kappa shape index (κ2) is 8.05. The van der Waals surface area contributed by atoms with E-state index in [1.807, 2.05) is 32.0 Å². The molecule has 0 heterocycles. The van der Waals surface area contributed by atoms with Crippen LogP contribution in [0.4, 0.5) is 5.69 Å². The van der Waals surface area contributed by atoms with Crippen molar-refractivity contribution in [3.05, 3.63) is 74.8 Å². The van der Waals surface area contributed by atoms with Crippen LogP contribution in [-0.2, 0) is 11.3 Å². The van der Waals surface area contributed by atoms with Crippen LogP contribution in [0.5, 0.6) is 0 Å². The molecule has 0 aliphatic carbocycles. The van der Waals surface area contributed by atoms with Gasteiger partial charge < -0.3 is 10.6 Å². The molecule has 7 nitrogen and oxygen atoms in total. The molecule has 2 rings (SSSR count). The number of carbonyl (C=O) groups excluding carboxylic acids is 2. The van der Waals surface area contributed by atoms with Crippen LogP contribution in [0.25, 0.3) is 0 Å². The number of hydrogen-bond donors (Lipinski definition) is 2. The first-order valence-corrected chi connectivity index (χ1v) is 7.72. The summed E-state index contributed by atoms with van der Waals surface area (Å²) >= 11 is 0. The summed E-state index contributed by atoms with van der Waals surface area (Å²) in [5.41, 5.74) is 3.20. The minimum Gasteiger partial charge on any atom is -0.350 e. The van der Waals surface area contributed by atoms with Crippen molar-refractivity contribution in [2.45, 2.75) is 20.4 Å². The van der Waals surface area contributed by atoms with Crippen LogP contribution >= 0.6 is 0 Å². The van der Waals surface area contributed by atoms with E-state index in [-0.39, 0.29) is 23.7 Å². The first kappa shape index (κ1) is 18.1. The van der Waals surface area contributed by atoms with Crippen molar-refractivity contribution in [1.29, 1.82) is 0 Å². The van der Waals surface area contributed by atoms with E-state index in [1.165, 1.54) is 24.3 Å². The number of non-ortho nitro benzene ring substituents is 1. The zero-order chi connectivity index (χ0) is 18.4. The second-order valence-electron chi connectivity index (χ2n) is 5.70. The van der Waals surface area contributed by atoms with Crippen LogP contribution in [-0.4, -0.2) is 23.3 Å². The maximum atomic E-state index is 12.0. The molecule has 0 aliphatic heterocycles. The molecule has 0 aromatic heterocycles. The van der Waals surface area contributed by atoms with Crippen LogP contribution in [0.15, 0.2) is 42.5 Å². The molecule has 2 aromatic rings. The van der Waals surface area contributed by atoms with Crippen LogP contribution < -0.4 is 10.6 Å². The quantitative estimate of drug-likeness (QED) is 0.621. The highest BCUT2D eigenvalue weighted by Crippen LogP contribution is 2.13. The number of hydrogen-bond acceptors (Lipinski definition) is 4. The highest BCUT2D eigenvalue weighted by atomic mass is 16.6. The fraction of sp³-hybridized carbons (Fsp3) is 0.222. The molecule has 0 unspecified atom stereocenters. The van der Waals surface area contributed by atoms with Gasteiger partial charge in [0.1, 0.15) is 0 Å². The van der Waals surface area contributed by atoms with Crippen molar-refractivity contribution in [1.82, 2.24) is 10.6 Å². The topological polar surface area (TPSA) is 101 Å². The van der Waals surface area contributed by atoms with Crippen molar-refractivity contribution in [3.63, 3.8) is 0 Å². The lowest BCUT2D eigenvalue weighted by Crippen LogP contribution is -2.36. The van der Waals surface area contributed by atoms with E-state index >= 15 is 0 Å². The first-order valence-electron chi connectivity index (χ1n) is 7.72. The fourth-order valence-corrected chi connectivity index (χ4v) is 2.32. The Kier molecular flexibility index (Phi) is 5.84. The Morgan fingerprint density at radius 1 is 1.08 bits per heavy atom. The molecule has 0 spiro atoms. The van der Waals surface area contributed by atoms with Gasteiger partial charge in [-0.15, -0.1) is 0 Å². The molecule has 7 heteroatoms. The van der Waals surface area contributed by atoms with E-state index < -0.39 is 10.8 Å². The summed E-state index contributed by atoms with van der Waals surface area (Å²) in [7, 11) is 0. The Hall–Kier alpha value is -3.22. The molecule has 0 radical (unpaired) electrons. The van der Waals surface area contributed by atoms with Gasteiger partial charge in [-0.1, -0.05) is 29.8 Å². The molecule has 2 amide bonds. The minimum absolute atomic E-state index is 0.136. The summed E-state index contributed by atoms with van der Waals surface area (Å²) in [6.07, 6.45) is 0. The van der Waals surface area contributed by atoms with Crippen molar-refractivity contribution in [2.24, 2.45) is 0 Å². The normalized spacial score (nSPS) is 10.2. The average molecular weight is 341 g/mol. The van der Waals surface area contributed by atoms with Gasteiger partial charge >= 0.3 is 0 Å². The molecule has 0 fully saturated rings. The summed E-state index contributed by atoms with van der Waals surface area (Å²) in [5.74, 6) is -0.871. The Morgan fingerprint density at radius 2 is 1.84 bits per heavy atom. The summed E-state index contributed by atoms with van der Waals surface area (Å²) in [6.45, 7) is 4.14. The largest absolute Gasteiger partial charge is 0.350 e. The summed E-state index contributed by atoms with van der Waals surface area (Å²) in [5, 5.41) is 15.9. The molecule has 2 N–H and O–H groups in total. The van der Waals surface area contributed by atoms with Crippen LogP contribution in [0, 0.1) is 24.0 Å². The molecular weight excluding hydrogens is 322 g/mol. The molecule has 0 bridgehead atoms. The third kappa shape index (κ3) is 5.13. The smallest absolute Gasteiger partial charge is 0.270 e. The van der Waals surface area contributed by atoms with E-state index in [4.69, 9.17) is 0 Å². The molecule has 0 saturated carbocycles. The lowest BCUT2D eigenvalue weighted by atomic mass is 10.1. The van der Waals surface area contributed by atoms with E-state index in [9.17, 15) is 19.7 Å². The number of nitro benzene ring substituents is 1. The van der Waals surface area contributed by atoms with Crippen molar-refractivity contribution < 1.29 is 14.5 Å². The standard InChI is InChI=1S/C18H19N3O4/c1-12-6-7-15(13(2)8-12)10-19-17(22)11-20-18(23)14-4-3-5-16(9-14)21(24)25/h3-9H,10-11H2,1-2H3,(H,19,22)(H,20,23). The minimum atomic E-state index is -0.576. The summed E-state index contributed by atoms with van der Waals surface area (Å²) < 4.78 is 0. The molecule has 0 atom stereocenters. The number of amides is 2. The first-order chi connectivity index (χ1) is 11.9. The number of nitro groups is 1. The van der Waals surface area contributed by atoms with Gasteiger partial charge in [0.25, 0.3) is 11.6 Å². The number of nitrogens with zero attached hydrogens (tertiary/aromatic N) is 1. The van der Waals surface area contributed by atoms with Gasteiger partial charge in [0.05, 0.1) is 11.5 Å². The van der Waals surface area contributed by atoms with Gasteiger partial charge in [-0.3, -0.25) is 19.7 Å². The van der Waals surface area contributed by atoms with Crippen LogP contribution in [0.1, 0.15) is 27.0 Å². The highest BCUT2D eigenvalue weighted by Gasteiger charge is 2.12. The van der Waals surface area contributed by atoms with Crippen molar-refractivity contribution in [3.8, 4) is 0 Å². The zero-order valence-electron chi connectivity index (χ0n) is 14.0. The van der Waals surface area contributed by atoms with Gasteiger partial charge in [0.15, 0.2) is 0 Å². The predicted octanol–water partition coefficient (Wildman–Crippen LogP) is 2.26. The average Bonchev–Trinajstić information content (AvgIpc) is 2.59. The number of carbonyl (C=O) groups is 2. The number of benzene rings is 2. The second-order valence-corrected chi connectivity index (χ2v) is 5.70. The van der Waals surface area contributed by atoms with Gasteiger partial charge in [-0.05, 0) is 31.0 Å². The van der Waals surface area contributed by atoms with E-state index in [2.05, 4.69) is 10.6 Å². The highest BCUT2D eigenvalue weighted by molar-refractivity contribution is 5.96. The van der Waals surface area contributed by atoms with Crippen molar-refractivity contribution >= 4 is 17.5 Å². The van der Waals surface area contributed by atoms with Crippen LogP contribution in [0.2, 0.25) is 0 Å². The maximum absolute atomic E-state index is 12.0. The maximum Gasteiger partial charge on any atom is 0.270 e. The van der Waals surface area contributed by atoms with Gasteiger partial charge in [-0.25, -0.2) is 0 Å². The third-order valence-electron chi connectivity index (χ3n) is 3.70. The third-order valence-corrected chi connectivity index (χ3v) is 3.70. The van der Waals surface area contributed by atoms with Crippen LogP contribution in [0.3, 0.4) is 0 Å². The lowest BCUT2D eigenvalue weighted by molar-refractivity contribution is -0.384. The Balaban J connectivity index is 1.86. The molecular formula is C18H19N3O4. The zero-order valence-corrected chi connectivity index (χ0v) is 14.0. The lowest BCUT2D eigenvalue weighted by Gasteiger charge is -2.09. The predicted molar refractivity (Wildman–Crippen MR) is 93.2 cm³/mol. The van der Waals surface area contributed by atoms with E-state index in [1.54, 1.807) is 0 Å². The SMILES string of the molecule is Cc1ccc(CNC(=O)CNC(=O)c2cccc([N+](=O)[O-])c2)c(C)c1. The molecule has 0 saturated heterocycles. The fourth-order valence-electron chi connectivity index (χ4n) is 2.32. The molecule has 25 heavy (non-hydrogen) atoms. The summed E-state index contributed by atoms with van der Waals surface area (Å²) in [6, 6.07) is 11.3. The van der Waals surface area contributed by atoms with Gasteiger partial charge in [0, 0.05) is 24.2 Å².